The van der Waals surface area contributed by atoms with Crippen LogP contribution >= 0.6 is 27.2 Å². The third-order valence-corrected chi connectivity index (χ3v) is 17.6. The molecule has 21 nitrogen and oxygen atoms in total. The third kappa shape index (κ3) is 11.5. The van der Waals surface area contributed by atoms with Gasteiger partial charge in [0.15, 0.2) is 12.1 Å². The summed E-state index contributed by atoms with van der Waals surface area (Å²) in [4.78, 5) is 63.5. The molecule has 0 spiro atoms. The maximum Gasteiger partial charge on any atom is 0.366 e. The van der Waals surface area contributed by atoms with Crippen molar-refractivity contribution in [2.75, 3.05) is 60.2 Å². The van der Waals surface area contributed by atoms with Crippen molar-refractivity contribution < 1.29 is 83.0 Å². The number of fused-ring (bicyclic) bond motifs is 3. The lowest BCUT2D eigenvalue weighted by molar-refractivity contribution is -0.245. The average molecular weight is 1020 g/mol. The van der Waals surface area contributed by atoms with E-state index in [1.165, 1.54) is 25.3 Å². The van der Waals surface area contributed by atoms with Crippen LogP contribution < -0.4 is 20.5 Å². The van der Waals surface area contributed by atoms with Crippen LogP contribution in [0, 0.1) is 0 Å². The standard InChI is InChI=1S/C45H60N4O17P2S/c1-24-39(51)30(46)17-34(65-24)66-32-19-44(56,18-29-36(32)43(55)38-37(41(29)53)40(52)28-10-6-11-31(63-3)35(28)42(38)54)33(23-50)48-22-27(69)21-47-20-25-8-5-9-26(16-25)64-15-7-13-49(2)14-12-45(57,67(4,58)59)68(60,61)62/h5-6,8-11,16,24,30,32,34,39,47,50-51,53,55-57H,7,12-15,17-23,46H2,1-4H3,(H,58,59)(H2,60,61,62)/t24-,30-,32-,34-,39+,44-,45?/m0/s1. The number of methoxy groups -OCH3 is 1. The predicted molar refractivity (Wildman–Crippen MR) is 255 cm³/mol. The summed E-state index contributed by atoms with van der Waals surface area (Å²) in [6.07, 6.45) is -5.21. The fraction of sp³-hybridized carbons (Fsp3) is 0.511. The second-order valence-electron chi connectivity index (χ2n) is 17.7. The molecule has 6 rings (SSSR count). The number of nitrogens with zero attached hydrogens (tertiary/aromatic N) is 2. The minimum Gasteiger partial charge on any atom is -0.507 e. The molecule has 0 bridgehead atoms. The quantitative estimate of drug-likeness (QED) is 0.0186. The molecule has 24 heteroatoms. The topological polar surface area (TPSA) is 341 Å². The number of aliphatic hydroxyl groups is 4. The van der Waals surface area contributed by atoms with Crippen molar-refractivity contribution in [3.63, 3.8) is 0 Å². The molecule has 0 radical (unpaired) electrons. The highest BCUT2D eigenvalue weighted by molar-refractivity contribution is 7.80. The Kier molecular flexibility index (Phi) is 17.1. The largest absolute Gasteiger partial charge is 0.507 e. The van der Waals surface area contributed by atoms with Crippen LogP contribution in [0.5, 0.6) is 23.0 Å². The molecule has 3 aromatic rings. The Balaban J connectivity index is 1.12. The number of ketones is 2. The van der Waals surface area contributed by atoms with Crippen molar-refractivity contribution in [2.45, 2.75) is 86.9 Å². The number of aromatic hydroxyl groups is 2. The van der Waals surface area contributed by atoms with E-state index in [0.29, 0.717) is 36.8 Å². The molecule has 3 aliphatic rings. The van der Waals surface area contributed by atoms with Gasteiger partial charge in [0.05, 0.1) is 67.6 Å². The molecule has 0 saturated carbocycles. The van der Waals surface area contributed by atoms with Crippen LogP contribution in [0.15, 0.2) is 47.5 Å². The molecule has 1 heterocycles. The lowest BCUT2D eigenvalue weighted by Gasteiger charge is -2.43. The van der Waals surface area contributed by atoms with Crippen molar-refractivity contribution in [1.29, 1.82) is 0 Å². The first-order valence-corrected chi connectivity index (χ1v) is 26.2. The molecule has 1 saturated heterocycles. The zero-order valence-corrected chi connectivity index (χ0v) is 41.1. The van der Waals surface area contributed by atoms with Crippen LogP contribution in [0.1, 0.15) is 87.2 Å². The van der Waals surface area contributed by atoms with Crippen LogP contribution in [-0.4, -0.2) is 168 Å². The summed E-state index contributed by atoms with van der Waals surface area (Å²) in [6, 6.07) is 10.9. The number of hydrogen-bond donors (Lipinski definition) is 11. The van der Waals surface area contributed by atoms with Gasteiger partial charge in [0.1, 0.15) is 28.6 Å². The zero-order chi connectivity index (χ0) is 50.8. The second-order valence-corrected chi connectivity index (χ2v) is 23.0. The number of phenolic OH excluding ortho intramolecular Hbond substituents is 2. The molecule has 69 heavy (non-hydrogen) atoms. The number of carbonyl (C=O) groups is 2. The lowest BCUT2D eigenvalue weighted by atomic mass is 9.71. The number of rotatable bonds is 21. The van der Waals surface area contributed by atoms with Gasteiger partial charge >= 0.3 is 7.60 Å². The number of carbonyl (C=O) groups excluding carboxylic acids is 2. The Labute approximate surface area is 403 Å². The predicted octanol–water partition coefficient (Wildman–Crippen LogP) is 1.85. The molecule has 1 fully saturated rings. The van der Waals surface area contributed by atoms with Crippen molar-refractivity contribution in [1.82, 2.24) is 10.2 Å². The highest BCUT2D eigenvalue weighted by Crippen LogP contribution is 2.69. The highest BCUT2D eigenvalue weighted by Gasteiger charge is 2.56. The summed E-state index contributed by atoms with van der Waals surface area (Å²) >= 11 is 5.61. The number of thiocarbonyl (C=S) groups is 1. The molecule has 3 aromatic carbocycles. The Bertz CT molecular complexity index is 2540. The number of nitrogens with two attached hydrogens (primary N) is 1. The van der Waals surface area contributed by atoms with Crippen LogP contribution in [0.2, 0.25) is 0 Å². The van der Waals surface area contributed by atoms with Crippen molar-refractivity contribution in [3.8, 4) is 23.0 Å². The van der Waals surface area contributed by atoms with Crippen LogP contribution in [0.25, 0.3) is 0 Å². The van der Waals surface area contributed by atoms with Crippen molar-refractivity contribution in [2.24, 2.45) is 10.7 Å². The Hall–Kier alpha value is -4.06. The summed E-state index contributed by atoms with van der Waals surface area (Å²) in [5.74, 6) is -2.24. The molecular weight excluding hydrogens is 963 g/mol. The van der Waals surface area contributed by atoms with E-state index in [2.05, 4.69) is 10.3 Å². The maximum atomic E-state index is 14.1. The van der Waals surface area contributed by atoms with E-state index in [1.807, 2.05) is 12.1 Å². The summed E-state index contributed by atoms with van der Waals surface area (Å²) < 4.78 is 47.4. The van der Waals surface area contributed by atoms with Gasteiger partial charge in [-0.2, -0.15) is 0 Å². The summed E-state index contributed by atoms with van der Waals surface area (Å²) in [5, 5.41) is 67.9. The molecule has 0 aromatic heterocycles. The fourth-order valence-corrected chi connectivity index (χ4v) is 11.9. The Morgan fingerprint density at radius 1 is 1.07 bits per heavy atom. The van der Waals surface area contributed by atoms with Crippen molar-refractivity contribution in [3.05, 3.63) is 81.4 Å². The first kappa shape index (κ1) is 54.3. The number of ether oxygens (including phenoxy) is 4. The van der Waals surface area contributed by atoms with E-state index in [0.717, 1.165) is 5.56 Å². The minimum atomic E-state index is -5.30. The van der Waals surface area contributed by atoms with Gasteiger partial charge in [0.2, 0.25) is 18.2 Å². The molecular formula is C45H60N4O17P2S. The van der Waals surface area contributed by atoms with Gasteiger partial charge < -0.3 is 80.2 Å². The molecule has 0 amide bonds. The van der Waals surface area contributed by atoms with Crippen LogP contribution in [0.3, 0.4) is 0 Å². The van der Waals surface area contributed by atoms with Gasteiger partial charge in [-0.05, 0) is 44.2 Å². The van der Waals surface area contributed by atoms with Crippen LogP contribution in [0.4, 0.5) is 0 Å². The normalized spacial score (nSPS) is 24.5. The molecule has 2 aliphatic carbocycles. The zero-order valence-electron chi connectivity index (χ0n) is 38.5. The number of phenols is 2. The summed E-state index contributed by atoms with van der Waals surface area (Å²) in [6.45, 7) is 2.57. The Morgan fingerprint density at radius 3 is 2.42 bits per heavy atom. The van der Waals surface area contributed by atoms with Gasteiger partial charge in [-0.25, -0.2) is 0 Å². The fourth-order valence-electron chi connectivity index (χ4n) is 8.86. The number of nitrogens with one attached hydrogen (secondary N) is 1. The number of benzene rings is 3. The SMILES string of the molecule is COc1cccc2c1C(=O)c1c(O)c3c(c(O)c1C2=O)C[C@@](O)(C(CO)=NCC(=S)CNCc1cccc(OCCCN(C)CCC(O)(P(C)(=O)O)P(=O)(O)O)c1)C[C@@H]3O[C@H]1C[C@H](N)[C@H](O)[C@H](C)O1. The van der Waals surface area contributed by atoms with E-state index in [1.54, 1.807) is 31.0 Å². The number of aliphatic imine (C=N–C) groups is 1. The molecule has 1 aliphatic heterocycles. The van der Waals surface area contributed by atoms with Crippen molar-refractivity contribution >= 4 is 49.3 Å². The van der Waals surface area contributed by atoms with Gasteiger partial charge in [-0.1, -0.05) is 36.5 Å². The first-order valence-electron chi connectivity index (χ1n) is 22.0. The monoisotopic (exact) mass is 1020 g/mol. The summed E-state index contributed by atoms with van der Waals surface area (Å²) in [5.41, 5.74) is 3.50. The average Bonchev–Trinajstić information content (AvgIpc) is 3.28. The van der Waals surface area contributed by atoms with Gasteiger partial charge in [-0.15, -0.1) is 0 Å². The maximum absolute atomic E-state index is 14.1. The van der Waals surface area contributed by atoms with Gasteiger partial charge in [0, 0.05) is 86.1 Å². The minimum absolute atomic E-state index is 0.00701. The summed E-state index contributed by atoms with van der Waals surface area (Å²) in [7, 11) is -6.89. The number of hydrogen-bond acceptors (Lipinski definition) is 19. The number of aliphatic hydroxyl groups excluding tert-OH is 2. The van der Waals surface area contributed by atoms with E-state index in [9.17, 15) is 64.0 Å². The third-order valence-electron chi connectivity index (χ3n) is 12.7. The second kappa shape index (κ2) is 21.7. The lowest BCUT2D eigenvalue weighted by Crippen LogP contribution is -2.53. The van der Waals surface area contributed by atoms with E-state index < -0.39 is 110 Å². The first-order chi connectivity index (χ1) is 32.3. The van der Waals surface area contributed by atoms with E-state index in [-0.39, 0.29) is 72.8 Å². The highest BCUT2D eigenvalue weighted by atomic mass is 32.1. The smallest absolute Gasteiger partial charge is 0.366 e. The molecule has 378 valence electrons. The van der Waals surface area contributed by atoms with Gasteiger partial charge in [0.25, 0.3) is 0 Å². The molecule has 12 N–H and O–H groups in total. The van der Waals surface area contributed by atoms with Crippen LogP contribution in [-0.2, 0) is 31.6 Å². The molecule has 8 atom stereocenters. The molecule has 2 unspecified atom stereocenters. The van der Waals surface area contributed by atoms with E-state index in [4.69, 9.17) is 36.9 Å². The van der Waals surface area contributed by atoms with E-state index >= 15 is 0 Å². The van der Waals surface area contributed by atoms with Gasteiger partial charge in [-0.3, -0.25) is 23.7 Å². The Morgan fingerprint density at radius 2 is 1.77 bits per heavy atom.